The quantitative estimate of drug-likeness (QED) is 0.486. The summed E-state index contributed by atoms with van der Waals surface area (Å²) >= 11 is 6.71. The lowest BCUT2D eigenvalue weighted by atomic mass is 10.3. The molecule has 0 amide bonds. The summed E-state index contributed by atoms with van der Waals surface area (Å²) in [5.41, 5.74) is 0. The van der Waals surface area contributed by atoms with E-state index in [1.165, 1.54) is 0 Å². The SMILES string of the molecule is CC(C)C(Br)Br.[AlH3]. The van der Waals surface area contributed by atoms with Crippen LogP contribution in [-0.4, -0.2) is 21.1 Å². The Hall–Kier alpha value is 1.49. The molecule has 44 valence electrons. The van der Waals surface area contributed by atoms with Gasteiger partial charge in [-0.2, -0.15) is 0 Å². The van der Waals surface area contributed by atoms with E-state index in [0.29, 0.717) is 9.65 Å². The highest BCUT2D eigenvalue weighted by molar-refractivity contribution is 9.24. The van der Waals surface area contributed by atoms with Crippen LogP contribution in [0.5, 0.6) is 0 Å². The van der Waals surface area contributed by atoms with Crippen LogP contribution in [0.1, 0.15) is 13.8 Å². The summed E-state index contributed by atoms with van der Waals surface area (Å²) in [5, 5.41) is 0. The maximum absolute atomic E-state index is 3.36. The first-order valence-corrected chi connectivity index (χ1v) is 3.76. The predicted molar refractivity (Wildman–Crippen MR) is 46.4 cm³/mol. The summed E-state index contributed by atoms with van der Waals surface area (Å²) in [7, 11) is 0. The first kappa shape index (κ1) is 11.3. The fourth-order valence-corrected chi connectivity index (χ4v) is 0. The van der Waals surface area contributed by atoms with Gasteiger partial charge in [0.2, 0.25) is 0 Å². The van der Waals surface area contributed by atoms with Crippen molar-refractivity contribution < 1.29 is 0 Å². The Balaban J connectivity index is 0. The zero-order valence-corrected chi connectivity index (χ0v) is 7.08. The summed E-state index contributed by atoms with van der Waals surface area (Å²) < 4.78 is 0.477. The van der Waals surface area contributed by atoms with Gasteiger partial charge in [0.05, 0.1) is 3.74 Å². The number of halogens is 2. The molecule has 0 aliphatic heterocycles. The Morgan fingerprint density at radius 1 is 1.14 bits per heavy atom. The van der Waals surface area contributed by atoms with Crippen molar-refractivity contribution in [3.05, 3.63) is 0 Å². The third kappa shape index (κ3) is 7.49. The van der Waals surface area contributed by atoms with E-state index in [1.54, 1.807) is 0 Å². The molecule has 0 atom stereocenters. The van der Waals surface area contributed by atoms with Crippen molar-refractivity contribution in [1.82, 2.24) is 0 Å². The van der Waals surface area contributed by atoms with Gasteiger partial charge in [0.1, 0.15) is 0 Å². The molecule has 0 nitrogen and oxygen atoms in total. The predicted octanol–water partition coefficient (Wildman–Crippen LogP) is 1.57. The third-order valence-electron chi connectivity index (χ3n) is 0.504. The van der Waals surface area contributed by atoms with E-state index < -0.39 is 0 Å². The van der Waals surface area contributed by atoms with Crippen LogP contribution < -0.4 is 0 Å². The van der Waals surface area contributed by atoms with Crippen LogP contribution in [0.4, 0.5) is 0 Å². The van der Waals surface area contributed by atoms with E-state index in [-0.39, 0.29) is 17.4 Å². The van der Waals surface area contributed by atoms with Crippen LogP contribution in [0, 0.1) is 5.92 Å². The van der Waals surface area contributed by atoms with Gasteiger partial charge in [-0.15, -0.1) is 0 Å². The lowest BCUT2D eigenvalue weighted by molar-refractivity contribution is 0.734. The van der Waals surface area contributed by atoms with Crippen LogP contribution in [0.15, 0.2) is 0 Å². The summed E-state index contributed by atoms with van der Waals surface area (Å²) in [5.74, 6) is 0.685. The van der Waals surface area contributed by atoms with Gasteiger partial charge in [-0.3, -0.25) is 0 Å². The summed E-state index contributed by atoms with van der Waals surface area (Å²) in [4.78, 5) is 0. The Kier molecular flexibility index (Phi) is 9.09. The molecule has 0 heterocycles. The largest absolute Gasteiger partial charge is 0.187 e. The highest BCUT2D eigenvalue weighted by Crippen LogP contribution is 2.17. The molecule has 0 aromatic rings. The molecule has 0 fully saturated rings. The highest BCUT2D eigenvalue weighted by Gasteiger charge is 2.00. The standard InChI is InChI=1S/C4H8Br2.Al.3H/c1-3(2)4(5)6;;;;/h3-4H,1-2H3;;;;. The minimum absolute atomic E-state index is 0. The van der Waals surface area contributed by atoms with Crippen molar-refractivity contribution in [2.75, 3.05) is 0 Å². The van der Waals surface area contributed by atoms with Crippen LogP contribution in [0.2, 0.25) is 0 Å². The van der Waals surface area contributed by atoms with Crippen molar-refractivity contribution in [2.45, 2.75) is 17.6 Å². The van der Waals surface area contributed by atoms with E-state index in [2.05, 4.69) is 45.7 Å². The molecule has 0 bridgehead atoms. The molecule has 0 aliphatic rings. The van der Waals surface area contributed by atoms with E-state index >= 15 is 0 Å². The van der Waals surface area contributed by atoms with Gasteiger partial charge >= 0.3 is 0 Å². The first-order chi connectivity index (χ1) is 2.64. The first-order valence-electron chi connectivity index (χ1n) is 1.92. The monoisotopic (exact) mass is 244 g/mol. The van der Waals surface area contributed by atoms with Crippen molar-refractivity contribution >= 4 is 49.2 Å². The number of rotatable bonds is 1. The molecule has 0 aliphatic carbocycles. The molecule has 0 aromatic carbocycles. The lowest BCUT2D eigenvalue weighted by Gasteiger charge is -2.01. The fraction of sp³-hybridized carbons (Fsp3) is 1.00. The Morgan fingerprint density at radius 2 is 1.29 bits per heavy atom. The van der Waals surface area contributed by atoms with Gasteiger partial charge in [-0.25, -0.2) is 0 Å². The lowest BCUT2D eigenvalue weighted by Crippen LogP contribution is -1.94. The average Bonchev–Trinajstić information content (AvgIpc) is 1.36. The molecule has 0 aromatic heterocycles. The van der Waals surface area contributed by atoms with Crippen LogP contribution in [0.3, 0.4) is 0 Å². The van der Waals surface area contributed by atoms with E-state index in [1.807, 2.05) is 0 Å². The molecule has 0 saturated carbocycles. The summed E-state index contributed by atoms with van der Waals surface area (Å²) in [6.07, 6.45) is 0. The van der Waals surface area contributed by atoms with Crippen LogP contribution in [0.25, 0.3) is 0 Å². The second-order valence-corrected chi connectivity index (χ2v) is 4.78. The minimum Gasteiger partial charge on any atom is -0.0762 e. The molecule has 7 heavy (non-hydrogen) atoms. The molecule has 0 radical (unpaired) electrons. The van der Waals surface area contributed by atoms with E-state index in [4.69, 9.17) is 0 Å². The van der Waals surface area contributed by atoms with E-state index in [9.17, 15) is 0 Å². The van der Waals surface area contributed by atoms with Gasteiger partial charge in [0.15, 0.2) is 17.4 Å². The Bertz CT molecular complexity index is 30.7. The number of hydrogen-bond donors (Lipinski definition) is 0. The second kappa shape index (κ2) is 5.63. The zero-order chi connectivity index (χ0) is 5.15. The van der Waals surface area contributed by atoms with Gasteiger partial charge in [0.25, 0.3) is 0 Å². The van der Waals surface area contributed by atoms with Crippen molar-refractivity contribution in [3.8, 4) is 0 Å². The van der Waals surface area contributed by atoms with Crippen molar-refractivity contribution in [3.63, 3.8) is 0 Å². The molecular formula is C4H11AlBr2. The second-order valence-electron chi connectivity index (χ2n) is 1.58. The smallest absolute Gasteiger partial charge is 0.0762 e. The van der Waals surface area contributed by atoms with Gasteiger partial charge in [-0.05, 0) is 5.92 Å². The van der Waals surface area contributed by atoms with E-state index in [0.717, 1.165) is 0 Å². The van der Waals surface area contributed by atoms with Crippen molar-refractivity contribution in [1.29, 1.82) is 0 Å². The average molecular weight is 246 g/mol. The number of hydrogen-bond acceptors (Lipinski definition) is 0. The zero-order valence-electron chi connectivity index (χ0n) is 3.91. The molecule has 0 unspecified atom stereocenters. The summed E-state index contributed by atoms with van der Waals surface area (Å²) in [6.45, 7) is 4.29. The number of alkyl halides is 2. The third-order valence-corrected chi connectivity index (χ3v) is 2.62. The topological polar surface area (TPSA) is 0 Å². The maximum atomic E-state index is 3.36. The van der Waals surface area contributed by atoms with Crippen LogP contribution >= 0.6 is 31.9 Å². The van der Waals surface area contributed by atoms with Gasteiger partial charge in [0, 0.05) is 0 Å². The maximum Gasteiger partial charge on any atom is 0.187 e. The molecule has 3 heteroatoms. The Labute approximate surface area is 72.4 Å². The molecule has 0 N–H and O–H groups in total. The van der Waals surface area contributed by atoms with Crippen molar-refractivity contribution in [2.24, 2.45) is 5.92 Å². The van der Waals surface area contributed by atoms with Crippen LogP contribution in [-0.2, 0) is 0 Å². The normalized spacial score (nSPS) is 9.43. The van der Waals surface area contributed by atoms with Gasteiger partial charge < -0.3 is 0 Å². The molecule has 0 saturated heterocycles. The van der Waals surface area contributed by atoms with Gasteiger partial charge in [-0.1, -0.05) is 45.7 Å². The molecule has 0 rings (SSSR count). The fourth-order valence-electron chi connectivity index (χ4n) is 0. The highest BCUT2D eigenvalue weighted by atomic mass is 79.9. The molecular weight excluding hydrogens is 235 g/mol. The minimum atomic E-state index is 0. The Morgan fingerprint density at radius 3 is 1.29 bits per heavy atom. The summed E-state index contributed by atoms with van der Waals surface area (Å²) in [6, 6.07) is 0. The molecule has 0 spiro atoms.